The van der Waals surface area contributed by atoms with Crippen molar-refractivity contribution in [2.24, 2.45) is 0 Å². The summed E-state index contributed by atoms with van der Waals surface area (Å²) in [6.45, 7) is 0. The Balaban J connectivity index is 0.718. The maximum Gasteiger partial charge on any atom is 0.160 e. The lowest BCUT2D eigenvalue weighted by atomic mass is 9.70. The van der Waals surface area contributed by atoms with Crippen molar-refractivity contribution in [2.75, 3.05) is 0 Å². The molecule has 0 aliphatic heterocycles. The van der Waals surface area contributed by atoms with Gasteiger partial charge in [0.15, 0.2) is 11.6 Å². The van der Waals surface area contributed by atoms with Gasteiger partial charge in [-0.2, -0.15) is 0 Å². The molecular formula is C86H50N4. The van der Waals surface area contributed by atoms with Crippen LogP contribution in [0.15, 0.2) is 303 Å². The quantitative estimate of drug-likeness (QED) is 0.149. The third-order valence-electron chi connectivity index (χ3n) is 20.3. The molecule has 4 aliphatic rings. The summed E-state index contributed by atoms with van der Waals surface area (Å²) in [4.78, 5) is 21.4. The SMILES string of the molecule is c1ccc(-c2cc(-c3cccc4c3-c3ccccc3C43c4cccc5cc(-c6ccc(-c7cc(-c8ccc9c(c8)-c8ccccc8C98c9cccc%10ccc%11cccc8c%11c9%10)nc(-c8ccccc8)n7)cc6)c6cccc3c6c45)nc(-c3ccccc3)n2)cc1. The zero-order valence-corrected chi connectivity index (χ0v) is 48.7. The second kappa shape index (κ2) is 18.4. The standard InChI is InChI=1S/C86H50N4/c1-4-19-52(20-5-1)75-50-77(90-84(88-75)57-23-8-3-9-24-57)63-31-18-37-72-81(63)62-29-11-13-33-67(62)86(72)71-36-16-27-59-48-64(61-30-17-38-73(86)82(61)80(59)71)51-39-41-53(42-40-51)74-49-76(89-83(87-74)56-21-6-2-7-22-56)58-45-46-68-65(47-58)60-28-10-12-32-66(60)85(68)69-34-14-25-54-43-44-55-26-15-35-70(85)79(55)78(54)69/h1-50H. The molecule has 2 spiro atoms. The monoisotopic (exact) mass is 1140 g/mol. The summed E-state index contributed by atoms with van der Waals surface area (Å²) in [5, 5.41) is 10.4. The molecule has 0 N–H and O–H groups in total. The van der Waals surface area contributed by atoms with E-state index in [2.05, 4.69) is 297 Å². The molecule has 0 saturated carbocycles. The highest BCUT2D eigenvalue weighted by molar-refractivity contribution is 6.22. The molecule has 2 heterocycles. The first-order valence-corrected chi connectivity index (χ1v) is 31.1. The van der Waals surface area contributed by atoms with Gasteiger partial charge in [-0.15, -0.1) is 0 Å². The molecule has 1 unspecified atom stereocenters. The van der Waals surface area contributed by atoms with Crippen LogP contribution in [0.1, 0.15) is 44.5 Å². The summed E-state index contributed by atoms with van der Waals surface area (Å²) in [5.41, 5.74) is 26.6. The molecule has 90 heavy (non-hydrogen) atoms. The first-order chi connectivity index (χ1) is 44.6. The molecule has 0 saturated heterocycles. The predicted molar refractivity (Wildman–Crippen MR) is 367 cm³/mol. The Morgan fingerprint density at radius 3 is 1.26 bits per heavy atom. The van der Waals surface area contributed by atoms with Gasteiger partial charge in [0.25, 0.3) is 0 Å². The fourth-order valence-electron chi connectivity index (χ4n) is 16.7. The summed E-state index contributed by atoms with van der Waals surface area (Å²) < 4.78 is 0. The van der Waals surface area contributed by atoms with E-state index in [1.165, 1.54) is 115 Å². The van der Waals surface area contributed by atoms with Gasteiger partial charge in [0, 0.05) is 33.4 Å². The number of benzene rings is 14. The van der Waals surface area contributed by atoms with Gasteiger partial charge in [0.1, 0.15) is 0 Å². The first-order valence-electron chi connectivity index (χ1n) is 31.1. The lowest BCUT2D eigenvalue weighted by Crippen LogP contribution is -2.26. The first kappa shape index (κ1) is 49.4. The Hall–Kier alpha value is -11.7. The molecule has 4 nitrogen and oxygen atoms in total. The zero-order chi connectivity index (χ0) is 58.8. The predicted octanol–water partition coefficient (Wildman–Crippen LogP) is 20.9. The smallest absolute Gasteiger partial charge is 0.160 e. The molecule has 4 heteroatoms. The van der Waals surface area contributed by atoms with Gasteiger partial charge in [0.2, 0.25) is 0 Å². The second-order valence-corrected chi connectivity index (χ2v) is 24.6. The van der Waals surface area contributed by atoms with Crippen LogP contribution in [0.5, 0.6) is 0 Å². The van der Waals surface area contributed by atoms with E-state index in [1.54, 1.807) is 0 Å². The highest BCUT2D eigenvalue weighted by atomic mass is 14.9. The van der Waals surface area contributed by atoms with Gasteiger partial charge in [-0.1, -0.05) is 279 Å². The van der Waals surface area contributed by atoms with Gasteiger partial charge in [-0.3, -0.25) is 0 Å². The van der Waals surface area contributed by atoms with Crippen molar-refractivity contribution in [3.63, 3.8) is 0 Å². The number of fused-ring (bicyclic) bond motifs is 14. The molecule has 414 valence electrons. The highest BCUT2D eigenvalue weighted by Crippen LogP contribution is 2.65. The van der Waals surface area contributed by atoms with Crippen LogP contribution in [-0.2, 0) is 10.8 Å². The topological polar surface area (TPSA) is 51.6 Å². The minimum absolute atomic E-state index is 0.432. The van der Waals surface area contributed by atoms with Crippen molar-refractivity contribution in [2.45, 2.75) is 10.8 Å². The van der Waals surface area contributed by atoms with Crippen LogP contribution in [0.25, 0.3) is 144 Å². The molecule has 20 rings (SSSR count). The number of rotatable bonds is 7. The van der Waals surface area contributed by atoms with E-state index in [1.807, 2.05) is 6.07 Å². The molecule has 0 bridgehead atoms. The van der Waals surface area contributed by atoms with Crippen molar-refractivity contribution in [1.82, 2.24) is 19.9 Å². The van der Waals surface area contributed by atoms with Gasteiger partial charge in [0.05, 0.1) is 33.6 Å². The molecule has 14 aromatic carbocycles. The summed E-state index contributed by atoms with van der Waals surface area (Å²) >= 11 is 0. The van der Waals surface area contributed by atoms with Crippen LogP contribution in [0.2, 0.25) is 0 Å². The third-order valence-corrected chi connectivity index (χ3v) is 20.3. The average molecular weight is 1140 g/mol. The average Bonchev–Trinajstić information content (AvgIpc) is 1.51. The summed E-state index contributed by atoms with van der Waals surface area (Å²) in [5.74, 6) is 1.40. The molecule has 4 aliphatic carbocycles. The van der Waals surface area contributed by atoms with Crippen LogP contribution >= 0.6 is 0 Å². The third kappa shape index (κ3) is 6.58. The van der Waals surface area contributed by atoms with E-state index in [4.69, 9.17) is 19.9 Å². The van der Waals surface area contributed by atoms with Crippen molar-refractivity contribution >= 4 is 43.1 Å². The van der Waals surface area contributed by atoms with E-state index in [0.29, 0.717) is 11.6 Å². The number of nitrogens with zero attached hydrogens (tertiary/aromatic N) is 4. The Bertz CT molecular complexity index is 5650. The van der Waals surface area contributed by atoms with Crippen LogP contribution in [0.4, 0.5) is 0 Å². The minimum Gasteiger partial charge on any atom is -0.228 e. The maximum atomic E-state index is 5.42. The highest BCUT2D eigenvalue weighted by Gasteiger charge is 2.53. The lowest BCUT2D eigenvalue weighted by Gasteiger charge is -2.31. The van der Waals surface area contributed by atoms with Gasteiger partial charge in [-0.25, -0.2) is 19.9 Å². The maximum absolute atomic E-state index is 5.42. The van der Waals surface area contributed by atoms with Crippen LogP contribution in [-0.4, -0.2) is 19.9 Å². The summed E-state index contributed by atoms with van der Waals surface area (Å²) in [6.07, 6.45) is 0. The Labute approximate surface area is 519 Å². The summed E-state index contributed by atoms with van der Waals surface area (Å²) in [6, 6.07) is 111. The van der Waals surface area contributed by atoms with E-state index < -0.39 is 10.8 Å². The van der Waals surface area contributed by atoms with E-state index in [9.17, 15) is 0 Å². The largest absolute Gasteiger partial charge is 0.228 e. The van der Waals surface area contributed by atoms with Crippen LogP contribution in [0.3, 0.4) is 0 Å². The molecule has 16 aromatic rings. The van der Waals surface area contributed by atoms with Crippen LogP contribution < -0.4 is 0 Å². The Morgan fingerprint density at radius 2 is 0.611 bits per heavy atom. The van der Waals surface area contributed by atoms with E-state index in [0.717, 1.165) is 61.7 Å². The second-order valence-electron chi connectivity index (χ2n) is 24.6. The fourth-order valence-corrected chi connectivity index (χ4v) is 16.7. The van der Waals surface area contributed by atoms with E-state index >= 15 is 0 Å². The number of aromatic nitrogens is 4. The van der Waals surface area contributed by atoms with Gasteiger partial charge >= 0.3 is 0 Å². The lowest BCUT2D eigenvalue weighted by molar-refractivity contribution is 0.797. The molecule has 0 amide bonds. The van der Waals surface area contributed by atoms with Gasteiger partial charge < -0.3 is 0 Å². The molecule has 1 atom stereocenters. The minimum atomic E-state index is -0.570. The molecular weight excluding hydrogens is 1090 g/mol. The van der Waals surface area contributed by atoms with Crippen molar-refractivity contribution in [3.05, 3.63) is 348 Å². The van der Waals surface area contributed by atoms with E-state index in [-0.39, 0.29) is 0 Å². The van der Waals surface area contributed by atoms with Crippen molar-refractivity contribution < 1.29 is 0 Å². The Kier molecular flexibility index (Phi) is 10.1. The number of hydrogen-bond donors (Lipinski definition) is 0. The van der Waals surface area contributed by atoms with Crippen molar-refractivity contribution in [3.8, 4) is 101 Å². The number of hydrogen-bond acceptors (Lipinski definition) is 4. The zero-order valence-electron chi connectivity index (χ0n) is 48.7. The fraction of sp³-hybridized carbons (Fsp3) is 0.0233. The Morgan fingerprint density at radius 1 is 0.200 bits per heavy atom. The normalized spacial score (nSPS) is 14.8. The van der Waals surface area contributed by atoms with Crippen molar-refractivity contribution in [1.29, 1.82) is 0 Å². The van der Waals surface area contributed by atoms with Gasteiger partial charge in [-0.05, 0) is 145 Å². The van der Waals surface area contributed by atoms with Crippen LogP contribution in [0, 0.1) is 0 Å². The molecule has 2 aromatic heterocycles. The molecule has 0 fully saturated rings. The molecule has 0 radical (unpaired) electrons. The summed E-state index contributed by atoms with van der Waals surface area (Å²) in [7, 11) is 0.